The number of rotatable bonds is 6. The number of carbonyl (C=O) groups is 2. The lowest BCUT2D eigenvalue weighted by Gasteiger charge is -2.33. The van der Waals surface area contributed by atoms with Crippen molar-refractivity contribution in [2.45, 2.75) is 62.1 Å². The van der Waals surface area contributed by atoms with E-state index >= 15 is 0 Å². The van der Waals surface area contributed by atoms with Gasteiger partial charge in [-0.2, -0.15) is 13.1 Å². The highest BCUT2D eigenvalue weighted by Gasteiger charge is 2.40. The quantitative estimate of drug-likeness (QED) is 0.678. The summed E-state index contributed by atoms with van der Waals surface area (Å²) in [6.07, 6.45) is 2.58. The molecule has 1 N–H and O–H groups in total. The molecule has 1 aliphatic heterocycles. The maximum Gasteiger partial charge on any atom is 0.325 e. The molecule has 2 aromatic rings. The van der Waals surface area contributed by atoms with E-state index in [0.717, 1.165) is 24.6 Å². The van der Waals surface area contributed by atoms with Crippen molar-refractivity contribution >= 4 is 44.7 Å². The number of piperidine rings is 1. The number of nitrogens with zero attached hydrogens (tertiary/aromatic N) is 3. The molecule has 1 amide bonds. The molecular formula is C18H22N4O5S2. The molecule has 1 saturated carbocycles. The molecule has 0 spiro atoms. The van der Waals surface area contributed by atoms with Crippen LogP contribution < -0.4 is 5.32 Å². The molecule has 0 bridgehead atoms. The van der Waals surface area contributed by atoms with Crippen molar-refractivity contribution in [3.63, 3.8) is 0 Å². The van der Waals surface area contributed by atoms with Gasteiger partial charge in [-0.15, -0.1) is 0 Å². The number of carbonyl (C=O) groups excluding carboxylic acids is 2. The summed E-state index contributed by atoms with van der Waals surface area (Å²) in [7, 11) is -3.98. The van der Waals surface area contributed by atoms with Crippen LogP contribution >= 0.6 is 11.7 Å². The maximum atomic E-state index is 13.4. The van der Waals surface area contributed by atoms with Crippen molar-refractivity contribution in [1.29, 1.82) is 0 Å². The van der Waals surface area contributed by atoms with E-state index in [2.05, 4.69) is 14.1 Å². The second-order valence-electron chi connectivity index (χ2n) is 7.38. The van der Waals surface area contributed by atoms with Crippen LogP contribution in [0.25, 0.3) is 11.0 Å². The first-order chi connectivity index (χ1) is 13.9. The summed E-state index contributed by atoms with van der Waals surface area (Å²) in [4.78, 5) is 24.9. The van der Waals surface area contributed by atoms with Crippen molar-refractivity contribution in [1.82, 2.24) is 18.4 Å². The van der Waals surface area contributed by atoms with Gasteiger partial charge in [0.15, 0.2) is 6.10 Å². The van der Waals surface area contributed by atoms with Crippen LogP contribution in [0.15, 0.2) is 23.1 Å². The number of esters is 1. The molecule has 2 atom stereocenters. The standard InChI is InChI=1S/C18H22N4O5S2/c1-11(17(23)19-12-8-9-12)27-18(24)14-6-2-3-10-22(14)29(25,26)15-7-4-5-13-16(15)21-28-20-13/h4-5,7,11-12,14H,2-3,6,8-10H2,1H3,(H,19,23)/t11-,14+/m1/s1. The summed E-state index contributed by atoms with van der Waals surface area (Å²) in [5, 5.41) is 2.78. The van der Waals surface area contributed by atoms with Gasteiger partial charge in [-0.3, -0.25) is 9.59 Å². The van der Waals surface area contributed by atoms with E-state index in [1.54, 1.807) is 12.1 Å². The zero-order valence-electron chi connectivity index (χ0n) is 15.9. The highest BCUT2D eigenvalue weighted by atomic mass is 32.2. The molecule has 29 heavy (non-hydrogen) atoms. The molecule has 2 fully saturated rings. The smallest absolute Gasteiger partial charge is 0.325 e. The average Bonchev–Trinajstić information content (AvgIpc) is 3.39. The second kappa shape index (κ2) is 7.96. The van der Waals surface area contributed by atoms with Crippen LogP contribution in [-0.2, 0) is 24.3 Å². The fourth-order valence-electron chi connectivity index (χ4n) is 3.40. The number of amides is 1. The number of ether oxygens (including phenoxy) is 1. The molecule has 1 aromatic heterocycles. The van der Waals surface area contributed by atoms with Crippen LogP contribution in [-0.4, -0.2) is 58.1 Å². The Kier molecular flexibility index (Phi) is 5.54. The Balaban J connectivity index is 1.55. The van der Waals surface area contributed by atoms with E-state index < -0.39 is 28.1 Å². The Bertz CT molecular complexity index is 1030. The molecule has 0 unspecified atom stereocenters. The van der Waals surface area contributed by atoms with Crippen molar-refractivity contribution in [3.05, 3.63) is 18.2 Å². The third-order valence-electron chi connectivity index (χ3n) is 5.15. The van der Waals surface area contributed by atoms with Crippen molar-refractivity contribution in [2.24, 2.45) is 0 Å². The highest BCUT2D eigenvalue weighted by Crippen LogP contribution is 2.30. The minimum absolute atomic E-state index is 0.0305. The molecule has 1 aliphatic carbocycles. The molecule has 0 radical (unpaired) electrons. The van der Waals surface area contributed by atoms with E-state index in [0.29, 0.717) is 30.3 Å². The first-order valence-corrected chi connectivity index (χ1v) is 11.8. The SMILES string of the molecule is C[C@@H](OC(=O)[C@@H]1CCCCN1S(=O)(=O)c1cccc2nsnc12)C(=O)NC1CC1. The van der Waals surface area contributed by atoms with Crippen LogP contribution in [0.4, 0.5) is 0 Å². The van der Waals surface area contributed by atoms with Gasteiger partial charge in [0.1, 0.15) is 22.0 Å². The first kappa shape index (κ1) is 20.2. The Morgan fingerprint density at radius 3 is 2.79 bits per heavy atom. The fraction of sp³-hybridized carbons (Fsp3) is 0.556. The lowest BCUT2D eigenvalue weighted by atomic mass is 10.1. The monoisotopic (exact) mass is 438 g/mol. The van der Waals surface area contributed by atoms with Gasteiger partial charge < -0.3 is 10.1 Å². The van der Waals surface area contributed by atoms with Crippen molar-refractivity contribution in [2.75, 3.05) is 6.54 Å². The van der Waals surface area contributed by atoms with E-state index in [1.165, 1.54) is 17.3 Å². The molecule has 1 aromatic carbocycles. The fourth-order valence-corrected chi connectivity index (χ4v) is 5.80. The van der Waals surface area contributed by atoms with Crippen LogP contribution in [0.1, 0.15) is 39.0 Å². The molecule has 2 heterocycles. The third kappa shape index (κ3) is 4.12. The van der Waals surface area contributed by atoms with Gasteiger partial charge in [-0.25, -0.2) is 8.42 Å². The van der Waals surface area contributed by atoms with Crippen LogP contribution in [0.3, 0.4) is 0 Å². The van der Waals surface area contributed by atoms with Crippen LogP contribution in [0, 0.1) is 0 Å². The molecule has 9 nitrogen and oxygen atoms in total. The zero-order valence-corrected chi connectivity index (χ0v) is 17.5. The van der Waals surface area contributed by atoms with Crippen molar-refractivity contribution in [3.8, 4) is 0 Å². The normalized spacial score (nSPS) is 21.6. The zero-order chi connectivity index (χ0) is 20.6. The largest absolute Gasteiger partial charge is 0.451 e. The third-order valence-corrected chi connectivity index (χ3v) is 7.63. The summed E-state index contributed by atoms with van der Waals surface area (Å²) in [6, 6.07) is 3.97. The topological polar surface area (TPSA) is 119 Å². The first-order valence-electron chi connectivity index (χ1n) is 9.62. The number of benzene rings is 1. The Morgan fingerprint density at radius 2 is 2.03 bits per heavy atom. The Morgan fingerprint density at radius 1 is 1.24 bits per heavy atom. The molecule has 156 valence electrons. The van der Waals surface area contributed by atoms with Gasteiger partial charge in [-0.05, 0) is 51.2 Å². The van der Waals surface area contributed by atoms with Gasteiger partial charge in [0.25, 0.3) is 5.91 Å². The lowest BCUT2D eigenvalue weighted by molar-refractivity contribution is -0.159. The highest BCUT2D eigenvalue weighted by molar-refractivity contribution is 7.89. The van der Waals surface area contributed by atoms with E-state index in [9.17, 15) is 18.0 Å². The van der Waals surface area contributed by atoms with Gasteiger partial charge >= 0.3 is 5.97 Å². The second-order valence-corrected chi connectivity index (χ2v) is 9.76. The number of fused-ring (bicyclic) bond motifs is 1. The summed E-state index contributed by atoms with van der Waals surface area (Å²) < 4.78 is 41.4. The molecular weight excluding hydrogens is 416 g/mol. The number of aromatic nitrogens is 2. The number of sulfonamides is 1. The van der Waals surface area contributed by atoms with E-state index in [-0.39, 0.29) is 23.4 Å². The molecule has 1 saturated heterocycles. The molecule has 11 heteroatoms. The predicted molar refractivity (Wildman–Crippen MR) is 106 cm³/mol. The lowest BCUT2D eigenvalue weighted by Crippen LogP contribution is -2.50. The summed E-state index contributed by atoms with van der Waals surface area (Å²) >= 11 is 0.939. The average molecular weight is 439 g/mol. The number of hydrogen-bond acceptors (Lipinski definition) is 8. The van der Waals surface area contributed by atoms with Gasteiger partial charge in [0.05, 0.1) is 11.7 Å². The number of nitrogens with one attached hydrogen (secondary N) is 1. The van der Waals surface area contributed by atoms with Gasteiger partial charge in [0, 0.05) is 12.6 Å². The molecule has 2 aliphatic rings. The minimum Gasteiger partial charge on any atom is -0.451 e. The predicted octanol–water partition coefficient (Wildman–Crippen LogP) is 1.44. The van der Waals surface area contributed by atoms with E-state index in [1.807, 2.05) is 0 Å². The van der Waals surface area contributed by atoms with Crippen LogP contribution in [0.5, 0.6) is 0 Å². The van der Waals surface area contributed by atoms with Gasteiger partial charge in [-0.1, -0.05) is 6.07 Å². The Hall–Kier alpha value is -2.11. The van der Waals surface area contributed by atoms with Gasteiger partial charge in [0.2, 0.25) is 10.0 Å². The summed E-state index contributed by atoms with van der Waals surface area (Å²) in [5.41, 5.74) is 0.796. The summed E-state index contributed by atoms with van der Waals surface area (Å²) in [5.74, 6) is -1.06. The summed E-state index contributed by atoms with van der Waals surface area (Å²) in [6.45, 7) is 1.71. The van der Waals surface area contributed by atoms with E-state index in [4.69, 9.17) is 4.74 Å². The minimum atomic E-state index is -3.98. The molecule has 4 rings (SSSR count). The Labute approximate surface area is 172 Å². The maximum absolute atomic E-state index is 13.4. The van der Waals surface area contributed by atoms with Crippen molar-refractivity contribution < 1.29 is 22.7 Å². The van der Waals surface area contributed by atoms with Crippen LogP contribution in [0.2, 0.25) is 0 Å². The number of hydrogen-bond donors (Lipinski definition) is 1.